The first-order valence-corrected chi connectivity index (χ1v) is 6.11. The van der Waals surface area contributed by atoms with Gasteiger partial charge in [-0.2, -0.15) is 0 Å². The highest BCUT2D eigenvalue weighted by Crippen LogP contribution is 2.25. The van der Waals surface area contributed by atoms with E-state index in [0.29, 0.717) is 18.9 Å². The van der Waals surface area contributed by atoms with Gasteiger partial charge in [0.1, 0.15) is 6.17 Å². The molecular formula is C14H20FN. The fourth-order valence-corrected chi connectivity index (χ4v) is 2.30. The van der Waals surface area contributed by atoms with Gasteiger partial charge in [0.05, 0.1) is 0 Å². The highest BCUT2D eigenvalue weighted by Gasteiger charge is 2.24. The lowest BCUT2D eigenvalue weighted by molar-refractivity contribution is 0.356. The van der Waals surface area contributed by atoms with E-state index >= 15 is 0 Å². The van der Waals surface area contributed by atoms with E-state index in [9.17, 15) is 4.39 Å². The van der Waals surface area contributed by atoms with Crippen molar-refractivity contribution in [2.45, 2.75) is 38.9 Å². The molecule has 1 aliphatic rings. The number of halogens is 1. The zero-order valence-corrected chi connectivity index (χ0v) is 10.0. The van der Waals surface area contributed by atoms with Gasteiger partial charge in [-0.25, -0.2) is 4.39 Å². The van der Waals surface area contributed by atoms with Crippen molar-refractivity contribution in [2.75, 3.05) is 6.54 Å². The highest BCUT2D eigenvalue weighted by molar-refractivity contribution is 5.26. The number of nitrogens with one attached hydrogen (secondary N) is 1. The Morgan fingerprint density at radius 3 is 2.50 bits per heavy atom. The van der Waals surface area contributed by atoms with Crippen LogP contribution in [0.3, 0.4) is 0 Å². The Labute approximate surface area is 97.1 Å². The lowest BCUT2D eigenvalue weighted by atomic mass is 9.99. The van der Waals surface area contributed by atoms with Crippen LogP contribution < -0.4 is 5.32 Å². The average molecular weight is 221 g/mol. The van der Waals surface area contributed by atoms with Crippen LogP contribution in [0.25, 0.3) is 0 Å². The van der Waals surface area contributed by atoms with Crippen LogP contribution in [0, 0.1) is 5.92 Å². The third-order valence-corrected chi connectivity index (χ3v) is 3.10. The van der Waals surface area contributed by atoms with Crippen LogP contribution in [0.5, 0.6) is 0 Å². The van der Waals surface area contributed by atoms with E-state index in [4.69, 9.17) is 0 Å². The molecule has 1 N–H and O–H groups in total. The van der Waals surface area contributed by atoms with Crippen LogP contribution in [0.4, 0.5) is 4.39 Å². The van der Waals surface area contributed by atoms with Gasteiger partial charge in [-0.05, 0) is 29.9 Å². The van der Waals surface area contributed by atoms with Crippen molar-refractivity contribution < 1.29 is 4.39 Å². The Bertz CT molecular complexity index is 331. The van der Waals surface area contributed by atoms with E-state index in [0.717, 1.165) is 6.42 Å². The van der Waals surface area contributed by atoms with Gasteiger partial charge < -0.3 is 5.32 Å². The first-order valence-electron chi connectivity index (χ1n) is 6.11. The van der Waals surface area contributed by atoms with E-state index < -0.39 is 6.17 Å². The second-order valence-corrected chi connectivity index (χ2v) is 5.13. The molecule has 16 heavy (non-hydrogen) atoms. The van der Waals surface area contributed by atoms with Crippen LogP contribution in [0.2, 0.25) is 0 Å². The van der Waals surface area contributed by atoms with Gasteiger partial charge in [-0.15, -0.1) is 0 Å². The van der Waals surface area contributed by atoms with Crippen molar-refractivity contribution in [3.63, 3.8) is 0 Å². The first-order chi connectivity index (χ1) is 7.65. The largest absolute Gasteiger partial charge is 0.307 e. The van der Waals surface area contributed by atoms with Crippen LogP contribution in [-0.4, -0.2) is 12.7 Å². The van der Waals surface area contributed by atoms with Gasteiger partial charge in [-0.1, -0.05) is 38.1 Å². The molecule has 1 fully saturated rings. The molecule has 0 aliphatic carbocycles. The minimum absolute atomic E-state index is 0.211. The van der Waals surface area contributed by atoms with Gasteiger partial charge in [0.15, 0.2) is 0 Å². The van der Waals surface area contributed by atoms with Gasteiger partial charge in [0.25, 0.3) is 0 Å². The maximum absolute atomic E-state index is 13.0. The molecule has 1 aromatic carbocycles. The zero-order valence-electron chi connectivity index (χ0n) is 10.0. The SMILES string of the molecule is CC(C)Cc1ccc(C2CC(F)CN2)cc1. The predicted octanol–water partition coefficient (Wildman–Crippen LogP) is 3.26. The Balaban J connectivity index is 2.02. The quantitative estimate of drug-likeness (QED) is 0.826. The Kier molecular flexibility index (Phi) is 3.59. The van der Waals surface area contributed by atoms with E-state index in [1.54, 1.807) is 0 Å². The van der Waals surface area contributed by atoms with E-state index in [2.05, 4.69) is 43.4 Å². The summed E-state index contributed by atoms with van der Waals surface area (Å²) in [5.41, 5.74) is 2.58. The molecule has 0 radical (unpaired) electrons. The molecule has 0 bridgehead atoms. The van der Waals surface area contributed by atoms with E-state index in [1.165, 1.54) is 11.1 Å². The molecule has 1 nitrogen and oxygen atoms in total. The Morgan fingerprint density at radius 1 is 1.31 bits per heavy atom. The third-order valence-electron chi connectivity index (χ3n) is 3.10. The normalized spacial score (nSPS) is 25.2. The summed E-state index contributed by atoms with van der Waals surface area (Å²) in [5.74, 6) is 0.686. The minimum atomic E-state index is -0.680. The fourth-order valence-electron chi connectivity index (χ4n) is 2.30. The molecular weight excluding hydrogens is 201 g/mol. The Hall–Kier alpha value is -0.890. The monoisotopic (exact) mass is 221 g/mol. The van der Waals surface area contributed by atoms with E-state index in [-0.39, 0.29) is 6.04 Å². The van der Waals surface area contributed by atoms with Gasteiger partial charge in [0, 0.05) is 12.6 Å². The highest BCUT2D eigenvalue weighted by atomic mass is 19.1. The van der Waals surface area contributed by atoms with Crippen LogP contribution in [-0.2, 0) is 6.42 Å². The van der Waals surface area contributed by atoms with Crippen molar-refractivity contribution in [2.24, 2.45) is 5.92 Å². The number of alkyl halides is 1. The third kappa shape index (κ3) is 2.82. The number of benzene rings is 1. The number of hydrogen-bond acceptors (Lipinski definition) is 1. The lowest BCUT2D eigenvalue weighted by Gasteiger charge is -2.11. The second kappa shape index (κ2) is 4.96. The smallest absolute Gasteiger partial charge is 0.114 e. The summed E-state index contributed by atoms with van der Waals surface area (Å²) in [6.45, 7) is 4.94. The summed E-state index contributed by atoms with van der Waals surface area (Å²) in [4.78, 5) is 0. The molecule has 1 heterocycles. The number of rotatable bonds is 3. The summed E-state index contributed by atoms with van der Waals surface area (Å²) in [7, 11) is 0. The molecule has 2 atom stereocenters. The van der Waals surface area contributed by atoms with Gasteiger partial charge in [-0.3, -0.25) is 0 Å². The molecule has 1 aliphatic heterocycles. The summed E-state index contributed by atoms with van der Waals surface area (Å²) in [6, 6.07) is 8.81. The summed E-state index contributed by atoms with van der Waals surface area (Å²) >= 11 is 0. The molecule has 2 unspecified atom stereocenters. The molecule has 0 saturated carbocycles. The molecule has 0 amide bonds. The van der Waals surface area contributed by atoms with Crippen molar-refractivity contribution >= 4 is 0 Å². The lowest BCUT2D eigenvalue weighted by Crippen LogP contribution is -2.13. The standard InChI is InChI=1S/C14H20FN/c1-10(2)7-11-3-5-12(6-4-11)14-8-13(15)9-16-14/h3-6,10,13-14,16H,7-9H2,1-2H3. The van der Waals surface area contributed by atoms with Crippen molar-refractivity contribution in [1.82, 2.24) is 5.32 Å². The Morgan fingerprint density at radius 2 is 2.00 bits per heavy atom. The maximum atomic E-state index is 13.0. The molecule has 2 rings (SSSR count). The summed E-state index contributed by atoms with van der Waals surface area (Å²) < 4.78 is 13.0. The topological polar surface area (TPSA) is 12.0 Å². The fraction of sp³-hybridized carbons (Fsp3) is 0.571. The molecule has 88 valence electrons. The minimum Gasteiger partial charge on any atom is -0.307 e. The number of hydrogen-bond donors (Lipinski definition) is 1. The molecule has 1 aromatic rings. The zero-order chi connectivity index (χ0) is 11.5. The molecule has 0 aromatic heterocycles. The molecule has 2 heteroatoms. The van der Waals surface area contributed by atoms with Crippen molar-refractivity contribution in [3.05, 3.63) is 35.4 Å². The first kappa shape index (κ1) is 11.6. The maximum Gasteiger partial charge on any atom is 0.114 e. The van der Waals surface area contributed by atoms with Gasteiger partial charge >= 0.3 is 0 Å². The van der Waals surface area contributed by atoms with Crippen molar-refractivity contribution in [3.8, 4) is 0 Å². The van der Waals surface area contributed by atoms with Crippen LogP contribution >= 0.6 is 0 Å². The summed E-state index contributed by atoms with van der Waals surface area (Å²) in [6.07, 6.45) is 1.05. The molecule has 0 spiro atoms. The average Bonchev–Trinajstić information content (AvgIpc) is 2.65. The summed E-state index contributed by atoms with van der Waals surface area (Å²) in [5, 5.41) is 3.21. The van der Waals surface area contributed by atoms with Crippen molar-refractivity contribution in [1.29, 1.82) is 0 Å². The van der Waals surface area contributed by atoms with Crippen LogP contribution in [0.1, 0.15) is 37.4 Å². The van der Waals surface area contributed by atoms with Crippen LogP contribution in [0.15, 0.2) is 24.3 Å². The van der Waals surface area contributed by atoms with Gasteiger partial charge in [0.2, 0.25) is 0 Å². The predicted molar refractivity (Wildman–Crippen MR) is 65.2 cm³/mol. The van der Waals surface area contributed by atoms with E-state index in [1.807, 2.05) is 0 Å². The second-order valence-electron chi connectivity index (χ2n) is 5.13. The molecule has 1 saturated heterocycles.